The fourth-order valence-corrected chi connectivity index (χ4v) is 3.31. The molecule has 3 aromatic rings. The predicted octanol–water partition coefficient (Wildman–Crippen LogP) is -1.28. The number of halogens is 1. The summed E-state index contributed by atoms with van der Waals surface area (Å²) in [5, 5.41) is 5.23. The van der Waals surface area contributed by atoms with Crippen LogP contribution < -0.4 is 23.0 Å². The van der Waals surface area contributed by atoms with Crippen molar-refractivity contribution in [3.63, 3.8) is 0 Å². The van der Waals surface area contributed by atoms with Crippen molar-refractivity contribution in [3.05, 3.63) is 82.1 Å². The first kappa shape index (κ1) is 26.4. The number of amides is 2. The van der Waals surface area contributed by atoms with Gasteiger partial charge in [-0.3, -0.25) is 19.6 Å². The first-order valence-electron chi connectivity index (χ1n) is 9.85. The number of ether oxygens (including phenoxy) is 2. The van der Waals surface area contributed by atoms with Crippen molar-refractivity contribution in [3.8, 4) is 0 Å². The molecule has 0 bridgehead atoms. The summed E-state index contributed by atoms with van der Waals surface area (Å²) in [6.07, 6.45) is 5.99. The number of pyridine rings is 2. The Morgan fingerprint density at radius 2 is 1.18 bits per heavy atom. The van der Waals surface area contributed by atoms with Crippen molar-refractivity contribution in [2.45, 2.75) is 0 Å². The maximum atomic E-state index is 12.1. The first-order valence-corrected chi connectivity index (χ1v) is 10.7. The van der Waals surface area contributed by atoms with Crippen LogP contribution in [0.3, 0.4) is 0 Å². The summed E-state index contributed by atoms with van der Waals surface area (Å²) in [5.74, 6) is -1.87. The zero-order chi connectivity index (χ0) is 23.5. The molecule has 3 aromatic heterocycles. The second-order valence-electron chi connectivity index (χ2n) is 6.43. The van der Waals surface area contributed by atoms with Crippen molar-refractivity contribution in [1.29, 1.82) is 0 Å². The van der Waals surface area contributed by atoms with Gasteiger partial charge in [-0.2, -0.15) is 0 Å². The summed E-state index contributed by atoms with van der Waals surface area (Å²) in [4.78, 5) is 56.2. The summed E-state index contributed by atoms with van der Waals surface area (Å²) in [7, 11) is 0. The summed E-state index contributed by atoms with van der Waals surface area (Å²) in [6, 6.07) is 9.45. The molecule has 0 spiro atoms. The lowest BCUT2D eigenvalue weighted by Gasteiger charge is -2.06. The third-order valence-corrected chi connectivity index (χ3v) is 5.14. The molecule has 2 N–H and O–H groups in total. The molecule has 2 amide bonds. The van der Waals surface area contributed by atoms with Gasteiger partial charge >= 0.3 is 11.9 Å². The zero-order valence-electron chi connectivity index (χ0n) is 17.7. The Balaban J connectivity index is 0.00000408. The highest BCUT2D eigenvalue weighted by Gasteiger charge is 2.16. The van der Waals surface area contributed by atoms with Crippen LogP contribution in [-0.4, -0.2) is 60.0 Å². The van der Waals surface area contributed by atoms with E-state index in [1.165, 1.54) is 24.5 Å². The highest BCUT2D eigenvalue weighted by Crippen LogP contribution is 2.18. The largest absolute Gasteiger partial charge is 1.00 e. The van der Waals surface area contributed by atoms with Gasteiger partial charge in [-0.05, 0) is 36.4 Å². The molecule has 10 nitrogen and oxygen atoms in total. The Bertz CT molecular complexity index is 1020. The maximum Gasteiger partial charge on any atom is 0.348 e. The van der Waals surface area contributed by atoms with Crippen LogP contribution in [-0.2, 0) is 9.47 Å². The lowest BCUT2D eigenvalue weighted by molar-refractivity contribution is -0.0000534. The quantitative estimate of drug-likeness (QED) is 0.258. The number of thiophene rings is 1. The normalized spacial score (nSPS) is 9.88. The molecule has 0 aliphatic carbocycles. The van der Waals surface area contributed by atoms with Crippen LogP contribution in [0, 0.1) is 0 Å². The Hall–Kier alpha value is -3.83. The van der Waals surface area contributed by atoms with E-state index in [2.05, 4.69) is 20.6 Å². The molecule has 0 saturated carbocycles. The molecule has 34 heavy (non-hydrogen) atoms. The topological polar surface area (TPSA) is 137 Å². The molecular weight excluding hydrogens is 484 g/mol. The summed E-state index contributed by atoms with van der Waals surface area (Å²) in [6.45, 7) is 0.202. The third-order valence-electron chi connectivity index (χ3n) is 4.10. The molecule has 0 radical (unpaired) electrons. The van der Waals surface area contributed by atoms with E-state index in [1.54, 1.807) is 36.7 Å². The molecule has 0 aromatic carbocycles. The summed E-state index contributed by atoms with van der Waals surface area (Å²) in [5.41, 5.74) is 0.809. The van der Waals surface area contributed by atoms with Gasteiger partial charge in [0.25, 0.3) is 11.8 Å². The lowest BCUT2D eigenvalue weighted by atomic mass is 10.3. The molecule has 0 saturated heterocycles. The van der Waals surface area contributed by atoms with Gasteiger partial charge in [-0.15, -0.1) is 11.3 Å². The number of nitrogens with zero attached hydrogens (tertiary/aromatic N) is 2. The van der Waals surface area contributed by atoms with E-state index < -0.39 is 11.9 Å². The molecule has 178 valence electrons. The average Bonchev–Trinajstić information content (AvgIpc) is 3.36. The Morgan fingerprint density at radius 1 is 0.735 bits per heavy atom. The van der Waals surface area contributed by atoms with E-state index in [1.807, 2.05) is 0 Å². The predicted molar refractivity (Wildman–Crippen MR) is 118 cm³/mol. The first-order chi connectivity index (χ1) is 16.0. The fraction of sp³-hybridized carbons (Fsp3) is 0.182. The van der Waals surface area contributed by atoms with Gasteiger partial charge in [0.2, 0.25) is 0 Å². The Labute approximate surface area is 205 Å². The van der Waals surface area contributed by atoms with Crippen LogP contribution in [0.2, 0.25) is 0 Å². The molecular formula is C22H20ClN4O6S-. The van der Waals surface area contributed by atoms with E-state index >= 15 is 0 Å². The van der Waals surface area contributed by atoms with E-state index in [0.29, 0.717) is 11.1 Å². The van der Waals surface area contributed by atoms with Gasteiger partial charge in [0, 0.05) is 24.8 Å². The highest BCUT2D eigenvalue weighted by atomic mass is 35.5. The fourth-order valence-electron chi connectivity index (χ4n) is 2.51. The molecule has 3 heterocycles. The number of nitrogens with one attached hydrogen (secondary N) is 2. The van der Waals surface area contributed by atoms with Crippen LogP contribution in [0.25, 0.3) is 0 Å². The van der Waals surface area contributed by atoms with E-state index in [4.69, 9.17) is 9.47 Å². The van der Waals surface area contributed by atoms with Gasteiger partial charge in [0.1, 0.15) is 23.0 Å². The van der Waals surface area contributed by atoms with Crippen LogP contribution in [0.15, 0.2) is 61.2 Å². The maximum absolute atomic E-state index is 12.1. The lowest BCUT2D eigenvalue weighted by Crippen LogP contribution is -3.00. The SMILES string of the molecule is O=C(NCCOC(=O)c1ccc(C(=O)OCCNC(=O)c2cccnc2)s1)c1cccnc1.[Cl-]. The molecule has 0 aliphatic rings. The van der Waals surface area contributed by atoms with Crippen LogP contribution in [0.5, 0.6) is 0 Å². The molecule has 0 atom stereocenters. The number of rotatable bonds is 10. The Morgan fingerprint density at radius 3 is 1.56 bits per heavy atom. The average molecular weight is 504 g/mol. The van der Waals surface area contributed by atoms with E-state index in [-0.39, 0.29) is 60.3 Å². The summed E-state index contributed by atoms with van der Waals surface area (Å²) >= 11 is 0.931. The molecule has 0 fully saturated rings. The van der Waals surface area contributed by atoms with Crippen molar-refractivity contribution in [2.24, 2.45) is 0 Å². The number of carbonyl (C=O) groups is 4. The molecule has 0 aliphatic heterocycles. The molecule has 0 unspecified atom stereocenters. The van der Waals surface area contributed by atoms with Crippen LogP contribution >= 0.6 is 11.3 Å². The van der Waals surface area contributed by atoms with Gasteiger partial charge in [0.05, 0.1) is 24.2 Å². The van der Waals surface area contributed by atoms with E-state index in [9.17, 15) is 19.2 Å². The Kier molecular flexibility index (Phi) is 10.6. The van der Waals surface area contributed by atoms with Crippen molar-refractivity contribution in [2.75, 3.05) is 26.3 Å². The second kappa shape index (κ2) is 13.7. The number of carbonyl (C=O) groups excluding carboxylic acids is 4. The second-order valence-corrected chi connectivity index (χ2v) is 7.51. The van der Waals surface area contributed by atoms with Gasteiger partial charge in [0.15, 0.2) is 0 Å². The van der Waals surface area contributed by atoms with Crippen molar-refractivity contribution >= 4 is 35.1 Å². The summed E-state index contributed by atoms with van der Waals surface area (Å²) < 4.78 is 10.2. The van der Waals surface area contributed by atoms with E-state index in [0.717, 1.165) is 11.3 Å². The third kappa shape index (κ3) is 7.94. The highest BCUT2D eigenvalue weighted by molar-refractivity contribution is 7.15. The number of esters is 2. The van der Waals surface area contributed by atoms with Crippen LogP contribution in [0.1, 0.15) is 40.1 Å². The zero-order valence-corrected chi connectivity index (χ0v) is 19.3. The monoisotopic (exact) mass is 503 g/mol. The minimum Gasteiger partial charge on any atom is -1.00 e. The molecule has 12 heteroatoms. The van der Waals surface area contributed by atoms with Gasteiger partial charge < -0.3 is 32.5 Å². The number of hydrogen-bond donors (Lipinski definition) is 2. The number of aromatic nitrogens is 2. The number of hydrogen-bond acceptors (Lipinski definition) is 9. The van der Waals surface area contributed by atoms with Crippen LogP contribution in [0.4, 0.5) is 0 Å². The standard InChI is InChI=1S/C22H20N4O6S.ClH/c27-19(15-3-1-7-23-13-15)25-9-11-31-21(29)17-5-6-18(33-17)22(30)32-12-10-26-20(28)16-4-2-8-24-14-16;/h1-8,13-14H,9-12H2,(H,25,27)(H,26,28);1H/p-1. The minimum absolute atomic E-state index is 0. The van der Waals surface area contributed by atoms with Crippen molar-refractivity contribution in [1.82, 2.24) is 20.6 Å². The smallest absolute Gasteiger partial charge is 0.348 e. The van der Waals surface area contributed by atoms with Gasteiger partial charge in [-0.1, -0.05) is 0 Å². The van der Waals surface area contributed by atoms with Crippen molar-refractivity contribution < 1.29 is 41.1 Å². The molecule has 3 rings (SSSR count). The van der Waals surface area contributed by atoms with Gasteiger partial charge in [-0.25, -0.2) is 9.59 Å². The minimum atomic E-state index is -0.613.